The Balaban J connectivity index is 1.85. The lowest BCUT2D eigenvalue weighted by Crippen LogP contribution is -2.23. The number of nitriles is 1. The van der Waals surface area contributed by atoms with Gasteiger partial charge in [-0.3, -0.25) is 4.90 Å². The molecule has 1 unspecified atom stereocenters. The van der Waals surface area contributed by atoms with E-state index in [1.165, 1.54) is 5.56 Å². The lowest BCUT2D eigenvalue weighted by atomic mass is 10.0. The average Bonchev–Trinajstić information content (AvgIpc) is 2.76. The summed E-state index contributed by atoms with van der Waals surface area (Å²) in [5.74, 6) is 1.69. The first kappa shape index (κ1) is 12.3. The van der Waals surface area contributed by atoms with E-state index in [1.54, 1.807) is 0 Å². The fraction of sp³-hybridized carbons (Fsp3) is 0.533. The van der Waals surface area contributed by atoms with Gasteiger partial charge in [0.1, 0.15) is 0 Å². The van der Waals surface area contributed by atoms with Gasteiger partial charge in [-0.1, -0.05) is 6.07 Å². The zero-order valence-corrected chi connectivity index (χ0v) is 11.0. The van der Waals surface area contributed by atoms with Crippen molar-refractivity contribution in [1.82, 2.24) is 4.90 Å². The first-order chi connectivity index (χ1) is 9.38. The minimum Gasteiger partial charge on any atom is -0.490 e. The Morgan fingerprint density at radius 3 is 2.89 bits per heavy atom. The van der Waals surface area contributed by atoms with Crippen LogP contribution in [0.1, 0.15) is 30.9 Å². The van der Waals surface area contributed by atoms with E-state index in [1.807, 2.05) is 6.07 Å². The predicted octanol–water partition coefficient (Wildman–Crippen LogP) is 2.51. The zero-order valence-electron chi connectivity index (χ0n) is 11.0. The normalized spacial score (nSPS) is 22.8. The Bertz CT molecular complexity index is 495. The van der Waals surface area contributed by atoms with Gasteiger partial charge in [0.15, 0.2) is 11.5 Å². The van der Waals surface area contributed by atoms with E-state index in [-0.39, 0.29) is 0 Å². The highest BCUT2D eigenvalue weighted by Gasteiger charge is 2.26. The highest BCUT2D eigenvalue weighted by atomic mass is 16.5. The molecular formula is C15H18N2O2. The Kier molecular flexibility index (Phi) is 3.56. The highest BCUT2D eigenvalue weighted by Crippen LogP contribution is 2.37. The van der Waals surface area contributed by atoms with Crippen LogP contribution in [0.15, 0.2) is 18.2 Å². The summed E-state index contributed by atoms with van der Waals surface area (Å²) in [6, 6.07) is 8.78. The standard InChI is InChI=1S/C15H18N2O2/c16-6-8-17-7-1-3-13(17)12-4-5-14-15(11-12)19-10-2-9-18-14/h4-5,11,13H,1-3,7-10H2. The van der Waals surface area contributed by atoms with Crippen molar-refractivity contribution in [2.24, 2.45) is 0 Å². The second-order valence-electron chi connectivity index (χ2n) is 5.04. The van der Waals surface area contributed by atoms with Crippen molar-refractivity contribution in [3.8, 4) is 17.6 Å². The van der Waals surface area contributed by atoms with Crippen molar-refractivity contribution in [3.63, 3.8) is 0 Å². The van der Waals surface area contributed by atoms with Crippen LogP contribution in [0.25, 0.3) is 0 Å². The Labute approximate surface area is 113 Å². The van der Waals surface area contributed by atoms with Crippen LogP contribution >= 0.6 is 0 Å². The molecule has 19 heavy (non-hydrogen) atoms. The smallest absolute Gasteiger partial charge is 0.161 e. The van der Waals surface area contributed by atoms with Crippen LogP contribution in [0.2, 0.25) is 0 Å². The van der Waals surface area contributed by atoms with E-state index < -0.39 is 0 Å². The average molecular weight is 258 g/mol. The molecule has 2 heterocycles. The van der Waals surface area contributed by atoms with Gasteiger partial charge in [0, 0.05) is 12.5 Å². The molecule has 0 aliphatic carbocycles. The molecule has 0 aromatic heterocycles. The molecule has 2 aliphatic heterocycles. The molecule has 1 saturated heterocycles. The quantitative estimate of drug-likeness (QED) is 0.765. The summed E-state index contributed by atoms with van der Waals surface area (Å²) in [7, 11) is 0. The second kappa shape index (κ2) is 5.50. The summed E-state index contributed by atoms with van der Waals surface area (Å²) >= 11 is 0. The Hall–Kier alpha value is -1.73. The van der Waals surface area contributed by atoms with Gasteiger partial charge in [-0.25, -0.2) is 0 Å². The second-order valence-corrected chi connectivity index (χ2v) is 5.04. The lowest BCUT2D eigenvalue weighted by molar-refractivity contribution is 0.286. The number of rotatable bonds is 2. The van der Waals surface area contributed by atoms with E-state index in [4.69, 9.17) is 14.7 Å². The van der Waals surface area contributed by atoms with Gasteiger partial charge in [-0.15, -0.1) is 0 Å². The zero-order chi connectivity index (χ0) is 13.1. The van der Waals surface area contributed by atoms with Crippen LogP contribution in [-0.2, 0) is 0 Å². The van der Waals surface area contributed by atoms with Gasteiger partial charge < -0.3 is 9.47 Å². The monoisotopic (exact) mass is 258 g/mol. The molecule has 2 aliphatic rings. The molecule has 0 spiro atoms. The van der Waals surface area contributed by atoms with E-state index >= 15 is 0 Å². The minimum absolute atomic E-state index is 0.344. The van der Waals surface area contributed by atoms with Gasteiger partial charge >= 0.3 is 0 Å². The third-order valence-electron chi connectivity index (χ3n) is 3.79. The van der Waals surface area contributed by atoms with Crippen LogP contribution in [-0.4, -0.2) is 31.2 Å². The van der Waals surface area contributed by atoms with Crippen LogP contribution in [0.4, 0.5) is 0 Å². The molecule has 4 heteroatoms. The van der Waals surface area contributed by atoms with Crippen molar-refractivity contribution in [2.75, 3.05) is 26.3 Å². The maximum Gasteiger partial charge on any atom is 0.161 e. The summed E-state index contributed by atoms with van der Waals surface area (Å²) in [6.45, 7) is 2.94. The van der Waals surface area contributed by atoms with Gasteiger partial charge in [-0.05, 0) is 37.1 Å². The molecule has 1 atom stereocenters. The number of nitrogens with zero attached hydrogens (tertiary/aromatic N) is 2. The molecule has 0 N–H and O–H groups in total. The largest absolute Gasteiger partial charge is 0.490 e. The Morgan fingerprint density at radius 2 is 2.05 bits per heavy atom. The number of hydrogen-bond donors (Lipinski definition) is 0. The molecule has 1 fully saturated rings. The minimum atomic E-state index is 0.344. The molecule has 4 nitrogen and oxygen atoms in total. The van der Waals surface area contributed by atoms with E-state index in [0.29, 0.717) is 19.2 Å². The summed E-state index contributed by atoms with van der Waals surface area (Å²) in [5, 5.41) is 8.88. The van der Waals surface area contributed by atoms with Gasteiger partial charge in [-0.2, -0.15) is 5.26 Å². The van der Waals surface area contributed by atoms with Crippen molar-refractivity contribution >= 4 is 0 Å². The van der Waals surface area contributed by atoms with Crippen molar-refractivity contribution in [2.45, 2.75) is 25.3 Å². The maximum atomic E-state index is 8.88. The number of fused-ring (bicyclic) bond motifs is 1. The van der Waals surface area contributed by atoms with Crippen LogP contribution in [0.5, 0.6) is 11.5 Å². The molecule has 0 bridgehead atoms. The van der Waals surface area contributed by atoms with Crippen LogP contribution in [0, 0.1) is 11.3 Å². The van der Waals surface area contributed by atoms with Crippen LogP contribution < -0.4 is 9.47 Å². The summed E-state index contributed by atoms with van der Waals surface area (Å²) in [6.07, 6.45) is 3.19. The third-order valence-corrected chi connectivity index (χ3v) is 3.79. The van der Waals surface area contributed by atoms with Crippen LogP contribution in [0.3, 0.4) is 0 Å². The molecular weight excluding hydrogens is 240 g/mol. The third kappa shape index (κ3) is 2.52. The molecule has 100 valence electrons. The SMILES string of the molecule is N#CCN1CCCC1c1ccc2c(c1)OCCCO2. The highest BCUT2D eigenvalue weighted by molar-refractivity contribution is 5.44. The van der Waals surface area contributed by atoms with Crippen molar-refractivity contribution in [1.29, 1.82) is 5.26 Å². The van der Waals surface area contributed by atoms with Crippen molar-refractivity contribution in [3.05, 3.63) is 23.8 Å². The van der Waals surface area contributed by atoms with E-state index in [9.17, 15) is 0 Å². The lowest BCUT2D eigenvalue weighted by Gasteiger charge is -2.22. The molecule has 1 aromatic rings. The summed E-state index contributed by atoms with van der Waals surface area (Å²) in [5.41, 5.74) is 1.23. The maximum absolute atomic E-state index is 8.88. The molecule has 1 aromatic carbocycles. The predicted molar refractivity (Wildman–Crippen MR) is 71.2 cm³/mol. The van der Waals surface area contributed by atoms with Gasteiger partial charge in [0.2, 0.25) is 0 Å². The van der Waals surface area contributed by atoms with Gasteiger partial charge in [0.05, 0.1) is 25.8 Å². The summed E-state index contributed by atoms with van der Waals surface area (Å²) < 4.78 is 11.4. The molecule has 0 amide bonds. The molecule has 0 radical (unpaired) electrons. The van der Waals surface area contributed by atoms with Crippen molar-refractivity contribution < 1.29 is 9.47 Å². The topological polar surface area (TPSA) is 45.5 Å². The fourth-order valence-electron chi connectivity index (χ4n) is 2.87. The van der Waals surface area contributed by atoms with E-state index in [2.05, 4.69) is 23.1 Å². The van der Waals surface area contributed by atoms with E-state index in [0.717, 1.165) is 43.9 Å². The first-order valence-electron chi connectivity index (χ1n) is 6.89. The number of likely N-dealkylation sites (tertiary alicyclic amines) is 1. The molecule has 3 rings (SSSR count). The summed E-state index contributed by atoms with van der Waals surface area (Å²) in [4.78, 5) is 2.24. The number of hydrogen-bond acceptors (Lipinski definition) is 4. The van der Waals surface area contributed by atoms with Gasteiger partial charge in [0.25, 0.3) is 0 Å². The number of ether oxygens (including phenoxy) is 2. The Morgan fingerprint density at radius 1 is 1.21 bits per heavy atom. The fourth-order valence-corrected chi connectivity index (χ4v) is 2.87. The first-order valence-corrected chi connectivity index (χ1v) is 6.89. The molecule has 0 saturated carbocycles. The number of benzene rings is 1.